The molecule has 41 heavy (non-hydrogen) atoms. The summed E-state index contributed by atoms with van der Waals surface area (Å²) in [5.41, 5.74) is -6.37. The van der Waals surface area contributed by atoms with Crippen molar-refractivity contribution in [3.63, 3.8) is 0 Å². The molecule has 10 unspecified atom stereocenters. The summed E-state index contributed by atoms with van der Waals surface area (Å²) in [7, 11) is 0. The fraction of sp³-hybridized carbons (Fsp3) is 0.812. The fourth-order valence-corrected chi connectivity index (χ4v) is 9.76. The van der Waals surface area contributed by atoms with Gasteiger partial charge in [-0.25, -0.2) is 0 Å². The van der Waals surface area contributed by atoms with Gasteiger partial charge in [0.05, 0.1) is 12.2 Å². The van der Waals surface area contributed by atoms with Crippen LogP contribution >= 0.6 is 0 Å². The van der Waals surface area contributed by atoms with Crippen molar-refractivity contribution in [2.24, 2.45) is 39.4 Å². The number of fused-ring (bicyclic) bond motifs is 5. The number of hydrogen-bond acceptors (Lipinski definition) is 9. The van der Waals surface area contributed by atoms with Crippen LogP contribution in [0.4, 0.5) is 0 Å². The van der Waals surface area contributed by atoms with Gasteiger partial charge >= 0.3 is 5.97 Å². The van der Waals surface area contributed by atoms with Crippen LogP contribution in [-0.2, 0) is 23.9 Å². The molecule has 0 amide bonds. The molecule has 9 nitrogen and oxygen atoms in total. The Morgan fingerprint density at radius 1 is 1.02 bits per heavy atom. The third-order valence-corrected chi connectivity index (χ3v) is 11.9. The minimum atomic E-state index is -2.00. The van der Waals surface area contributed by atoms with Crippen molar-refractivity contribution in [3.05, 3.63) is 11.6 Å². The number of ketones is 3. The maximum absolute atomic E-state index is 14.3. The highest BCUT2D eigenvalue weighted by Gasteiger charge is 2.76. The number of aliphatic hydroxyl groups is 4. The zero-order valence-electron chi connectivity index (χ0n) is 25.9. The van der Waals surface area contributed by atoms with Crippen molar-refractivity contribution in [1.29, 1.82) is 0 Å². The summed E-state index contributed by atoms with van der Waals surface area (Å²) in [6, 6.07) is 0. The molecule has 230 valence electrons. The van der Waals surface area contributed by atoms with E-state index in [1.54, 1.807) is 33.8 Å². The molecule has 3 fully saturated rings. The topological polar surface area (TPSA) is 158 Å². The van der Waals surface area contributed by atoms with E-state index in [2.05, 4.69) is 0 Å². The molecule has 4 rings (SSSR count). The highest BCUT2D eigenvalue weighted by atomic mass is 16.6. The number of allylic oxidation sites excluding steroid dienone is 1. The Morgan fingerprint density at radius 2 is 1.61 bits per heavy atom. The standard InChI is InChI=1S/C32H48O9/c1-16(33)41-27(2,3)11-10-22(37)32(9,40)25-21(36)14-29(6)24-19(34)12-17-18(13-20(35)26(39)28(17,4)5)31(24,8)23(38)15-30(25,29)7/h12,18-21,24-25,34-36,40H,10-11,13-15H2,1-9H3. The second-order valence-corrected chi connectivity index (χ2v) is 15.3. The number of hydrogen-bond donors (Lipinski definition) is 4. The Labute approximate surface area is 242 Å². The summed E-state index contributed by atoms with van der Waals surface area (Å²) < 4.78 is 5.30. The second-order valence-electron chi connectivity index (χ2n) is 15.3. The van der Waals surface area contributed by atoms with Crippen LogP contribution in [-0.4, -0.2) is 73.3 Å². The van der Waals surface area contributed by atoms with Crippen LogP contribution in [0.3, 0.4) is 0 Å². The van der Waals surface area contributed by atoms with Crippen LogP contribution < -0.4 is 0 Å². The first-order valence-electron chi connectivity index (χ1n) is 14.8. The molecule has 0 aromatic carbocycles. The highest BCUT2D eigenvalue weighted by Crippen LogP contribution is 2.74. The Hall–Kier alpha value is -1.94. The molecule has 4 aliphatic rings. The largest absolute Gasteiger partial charge is 0.460 e. The lowest BCUT2D eigenvalue weighted by atomic mass is 9.38. The molecule has 10 atom stereocenters. The minimum absolute atomic E-state index is 0.0401. The van der Waals surface area contributed by atoms with Crippen LogP contribution in [0.1, 0.15) is 94.4 Å². The molecule has 4 N–H and O–H groups in total. The monoisotopic (exact) mass is 576 g/mol. The summed E-state index contributed by atoms with van der Waals surface area (Å²) in [5.74, 6) is -3.66. The van der Waals surface area contributed by atoms with Crippen molar-refractivity contribution >= 4 is 23.3 Å². The number of carbonyl (C=O) groups excluding carboxylic acids is 4. The minimum Gasteiger partial charge on any atom is -0.460 e. The number of esters is 1. The number of ether oxygens (including phenoxy) is 1. The van der Waals surface area contributed by atoms with E-state index in [4.69, 9.17) is 4.74 Å². The third-order valence-electron chi connectivity index (χ3n) is 11.9. The second kappa shape index (κ2) is 9.53. The Balaban J connectivity index is 1.75. The summed E-state index contributed by atoms with van der Waals surface area (Å²) in [5, 5.41) is 45.8. The van der Waals surface area contributed by atoms with E-state index in [0.717, 1.165) is 0 Å². The van der Waals surface area contributed by atoms with Gasteiger partial charge in [-0.3, -0.25) is 19.2 Å². The Bertz CT molecular complexity index is 1200. The maximum Gasteiger partial charge on any atom is 0.303 e. The van der Waals surface area contributed by atoms with E-state index in [0.29, 0.717) is 5.57 Å². The normalized spacial score (nSPS) is 43.3. The highest BCUT2D eigenvalue weighted by molar-refractivity contribution is 5.95. The van der Waals surface area contributed by atoms with Gasteiger partial charge in [0.2, 0.25) is 0 Å². The first-order valence-corrected chi connectivity index (χ1v) is 14.8. The lowest BCUT2D eigenvalue weighted by Crippen LogP contribution is -2.68. The zero-order valence-corrected chi connectivity index (χ0v) is 25.9. The predicted octanol–water partition coefficient (Wildman–Crippen LogP) is 2.69. The average Bonchev–Trinajstić information content (AvgIpc) is 3.01. The molecule has 0 aromatic rings. The van der Waals surface area contributed by atoms with Crippen LogP contribution in [0.5, 0.6) is 0 Å². The smallest absolute Gasteiger partial charge is 0.303 e. The first-order chi connectivity index (χ1) is 18.5. The first kappa shape index (κ1) is 32.0. The summed E-state index contributed by atoms with van der Waals surface area (Å²) in [6.45, 7) is 15.0. The number of carbonyl (C=O) groups is 4. The third kappa shape index (κ3) is 4.40. The molecule has 0 aromatic heterocycles. The maximum atomic E-state index is 14.3. The number of aliphatic hydroxyl groups excluding tert-OH is 3. The van der Waals surface area contributed by atoms with Gasteiger partial charge in [-0.2, -0.15) is 0 Å². The van der Waals surface area contributed by atoms with Gasteiger partial charge < -0.3 is 25.2 Å². The molecule has 0 bridgehead atoms. The molecule has 4 aliphatic carbocycles. The van der Waals surface area contributed by atoms with E-state index in [-0.39, 0.29) is 43.7 Å². The lowest BCUT2D eigenvalue weighted by molar-refractivity contribution is -0.197. The summed E-state index contributed by atoms with van der Waals surface area (Å²) in [6.07, 6.45) is -1.54. The van der Waals surface area contributed by atoms with Crippen molar-refractivity contribution in [1.82, 2.24) is 0 Å². The molecule has 0 radical (unpaired) electrons. The van der Waals surface area contributed by atoms with Gasteiger partial charge in [-0.15, -0.1) is 0 Å². The van der Waals surface area contributed by atoms with Crippen LogP contribution in [0, 0.1) is 39.4 Å². The molecule has 3 saturated carbocycles. The van der Waals surface area contributed by atoms with E-state index in [1.807, 2.05) is 20.8 Å². The number of Topliss-reactive ketones (excluding diaryl/α,β-unsaturated/α-hetero) is 3. The van der Waals surface area contributed by atoms with Crippen molar-refractivity contribution in [2.75, 3.05) is 0 Å². The van der Waals surface area contributed by atoms with E-state index in [1.165, 1.54) is 13.8 Å². The van der Waals surface area contributed by atoms with Crippen LogP contribution in [0.25, 0.3) is 0 Å². The van der Waals surface area contributed by atoms with E-state index >= 15 is 0 Å². The molecular formula is C32H48O9. The van der Waals surface area contributed by atoms with Crippen LogP contribution in [0.15, 0.2) is 11.6 Å². The van der Waals surface area contributed by atoms with E-state index in [9.17, 15) is 39.6 Å². The Morgan fingerprint density at radius 3 is 2.17 bits per heavy atom. The zero-order chi connectivity index (χ0) is 31.3. The van der Waals surface area contributed by atoms with E-state index < -0.39 is 80.7 Å². The van der Waals surface area contributed by atoms with Gasteiger partial charge in [0.25, 0.3) is 0 Å². The van der Waals surface area contributed by atoms with Crippen molar-refractivity contribution < 1.29 is 44.3 Å². The molecule has 0 saturated heterocycles. The predicted molar refractivity (Wildman–Crippen MR) is 149 cm³/mol. The van der Waals surface area contributed by atoms with Gasteiger partial charge in [0, 0.05) is 42.4 Å². The number of rotatable bonds is 6. The molecule has 9 heteroatoms. The van der Waals surface area contributed by atoms with Crippen molar-refractivity contribution in [3.8, 4) is 0 Å². The summed E-state index contributed by atoms with van der Waals surface area (Å²) in [4.78, 5) is 52.3. The fourth-order valence-electron chi connectivity index (χ4n) is 9.76. The van der Waals surface area contributed by atoms with Gasteiger partial charge in [-0.1, -0.05) is 32.4 Å². The average molecular weight is 577 g/mol. The molecule has 0 aliphatic heterocycles. The van der Waals surface area contributed by atoms with Crippen LogP contribution in [0.2, 0.25) is 0 Å². The van der Waals surface area contributed by atoms with Gasteiger partial charge in [-0.05, 0) is 70.6 Å². The molecule has 0 spiro atoms. The molecule has 0 heterocycles. The van der Waals surface area contributed by atoms with Gasteiger partial charge in [0.1, 0.15) is 23.1 Å². The summed E-state index contributed by atoms with van der Waals surface area (Å²) >= 11 is 0. The quantitative estimate of drug-likeness (QED) is 0.275. The van der Waals surface area contributed by atoms with Gasteiger partial charge in [0.15, 0.2) is 11.6 Å². The van der Waals surface area contributed by atoms with Crippen molar-refractivity contribution in [2.45, 2.75) is 124 Å². The Kier molecular flexibility index (Phi) is 7.43. The SMILES string of the molecule is CC(=O)OC(C)(C)CCC(=O)C(C)(O)C1C(O)CC2(C)C3C(O)C=C4C(CC(O)C(=O)C4(C)C)C3(C)C(=O)CC12C. The lowest BCUT2D eigenvalue weighted by Gasteiger charge is -2.65. The molecular weight excluding hydrogens is 528 g/mol.